The van der Waals surface area contributed by atoms with Gasteiger partial charge in [-0.1, -0.05) is 29.8 Å². The molecule has 0 amide bonds. The molecular weight excluding hydrogens is 484 g/mol. The topological polar surface area (TPSA) is 184 Å². The van der Waals surface area contributed by atoms with Gasteiger partial charge in [-0.3, -0.25) is 5.32 Å². The first-order valence-electron chi connectivity index (χ1n) is 10.6. The van der Waals surface area contributed by atoms with Crippen LogP contribution in [-0.2, 0) is 0 Å². The van der Waals surface area contributed by atoms with E-state index in [-0.39, 0.29) is 57.5 Å². The van der Waals surface area contributed by atoms with E-state index in [2.05, 4.69) is 20.6 Å². The van der Waals surface area contributed by atoms with Gasteiger partial charge in [0.15, 0.2) is 17.7 Å². The van der Waals surface area contributed by atoms with Crippen LogP contribution < -0.4 is 31.6 Å². The Labute approximate surface area is 210 Å². The van der Waals surface area contributed by atoms with E-state index in [9.17, 15) is 10.1 Å². The molecule has 0 spiro atoms. The van der Waals surface area contributed by atoms with Crippen LogP contribution in [0.25, 0.3) is 0 Å². The van der Waals surface area contributed by atoms with Crippen molar-refractivity contribution in [2.45, 2.75) is 13.0 Å². The summed E-state index contributed by atoms with van der Waals surface area (Å²) < 4.78 is 11.3. The van der Waals surface area contributed by atoms with E-state index in [0.29, 0.717) is 11.1 Å². The number of rotatable bonds is 5. The fourth-order valence-corrected chi connectivity index (χ4v) is 3.86. The fourth-order valence-electron chi connectivity index (χ4n) is 3.65. The maximum atomic E-state index is 12.7. The number of fused-ring (bicyclic) bond motifs is 1. The van der Waals surface area contributed by atoms with Gasteiger partial charge in [-0.15, -0.1) is 0 Å². The molecule has 1 aliphatic heterocycles. The highest BCUT2D eigenvalue weighted by atomic mass is 35.5. The Morgan fingerprint density at radius 2 is 2.00 bits per heavy atom. The molecule has 2 aromatic carbocycles. The van der Waals surface area contributed by atoms with Crippen LogP contribution in [0, 0.1) is 22.8 Å². The molecule has 0 aliphatic carbocycles. The number of nitrogen functional groups attached to an aromatic ring is 2. The van der Waals surface area contributed by atoms with Crippen LogP contribution in [-0.4, -0.2) is 23.5 Å². The summed E-state index contributed by atoms with van der Waals surface area (Å²) in [5.41, 5.74) is 13.5. The molecule has 11 nitrogen and oxygen atoms in total. The summed E-state index contributed by atoms with van der Waals surface area (Å²) in [6, 6.07) is 12.5. The summed E-state index contributed by atoms with van der Waals surface area (Å²) in [6.07, 6.45) is 1.80. The van der Waals surface area contributed by atoms with Gasteiger partial charge in [-0.25, -0.2) is 14.8 Å². The predicted molar refractivity (Wildman–Crippen MR) is 133 cm³/mol. The standard InChI is InChI=1S/C24H19ClN8O3/c1-2-35-17-9-12(7-8-16(17)36-23(34)13-5-3-4-6-15(13)25)20-18-19(28)14(10-26)21(29)32-22(18)33-24(31-20)30-11-27/h3-9,20H,2H2,1H3,(H6,28,29,30,31,32,33). The number of carbonyl (C=O) groups is 1. The number of pyridine rings is 1. The Morgan fingerprint density at radius 3 is 2.69 bits per heavy atom. The van der Waals surface area contributed by atoms with Crippen molar-refractivity contribution >= 4 is 40.9 Å². The van der Waals surface area contributed by atoms with E-state index < -0.39 is 12.0 Å². The minimum Gasteiger partial charge on any atom is -0.490 e. The molecule has 180 valence electrons. The number of aromatic nitrogens is 1. The van der Waals surface area contributed by atoms with Gasteiger partial charge in [0, 0.05) is 5.56 Å². The molecule has 0 saturated heterocycles. The lowest BCUT2D eigenvalue weighted by Crippen LogP contribution is -2.32. The Bertz CT molecular complexity index is 1480. The first-order valence-corrected chi connectivity index (χ1v) is 11.0. The van der Waals surface area contributed by atoms with Crippen LogP contribution in [0.4, 0.5) is 17.3 Å². The quantitative estimate of drug-likeness (QED) is 0.174. The maximum Gasteiger partial charge on any atom is 0.345 e. The van der Waals surface area contributed by atoms with Crippen LogP contribution in [0.1, 0.15) is 40.0 Å². The third kappa shape index (κ3) is 4.51. The molecule has 1 aliphatic rings. The predicted octanol–water partition coefficient (Wildman–Crippen LogP) is 3.33. The Kier molecular flexibility index (Phi) is 6.77. The Morgan fingerprint density at radius 1 is 1.22 bits per heavy atom. The Balaban J connectivity index is 1.79. The Hall–Kier alpha value is -5.00. The highest BCUT2D eigenvalue weighted by molar-refractivity contribution is 6.33. The zero-order valence-electron chi connectivity index (χ0n) is 18.9. The van der Waals surface area contributed by atoms with Gasteiger partial charge >= 0.3 is 5.97 Å². The van der Waals surface area contributed by atoms with Gasteiger partial charge in [0.25, 0.3) is 0 Å². The smallest absolute Gasteiger partial charge is 0.345 e. The number of carbonyl (C=O) groups excluding carboxylic acids is 1. The van der Waals surface area contributed by atoms with E-state index in [1.165, 1.54) is 0 Å². The molecule has 0 saturated carbocycles. The number of ether oxygens (including phenoxy) is 2. The average Bonchev–Trinajstić information content (AvgIpc) is 2.85. The SMILES string of the molecule is CCOc1cc(C2N=C(NC#N)Nc3nc(N)c(C#N)c(N)c32)ccc1OC(=O)c1ccccc1Cl. The van der Waals surface area contributed by atoms with Crippen molar-refractivity contribution in [2.75, 3.05) is 23.4 Å². The summed E-state index contributed by atoms with van der Waals surface area (Å²) in [6.45, 7) is 2.06. The van der Waals surface area contributed by atoms with Gasteiger partial charge in [0.05, 0.1) is 22.9 Å². The fraction of sp³-hybridized carbons (Fsp3) is 0.125. The summed E-state index contributed by atoms with van der Waals surface area (Å²) in [4.78, 5) is 21.5. The van der Waals surface area contributed by atoms with Crippen LogP contribution in [0.2, 0.25) is 5.02 Å². The molecule has 3 aromatic rings. The number of guanidine groups is 1. The number of nitrogens with two attached hydrogens (primary N) is 2. The van der Waals surface area contributed by atoms with E-state index >= 15 is 0 Å². The number of nitriles is 2. The van der Waals surface area contributed by atoms with Gasteiger partial charge in [-0.2, -0.15) is 10.5 Å². The lowest BCUT2D eigenvalue weighted by Gasteiger charge is -2.26. The second kappa shape index (κ2) is 10.1. The third-order valence-corrected chi connectivity index (χ3v) is 5.57. The molecule has 0 fully saturated rings. The maximum absolute atomic E-state index is 12.7. The second-order valence-electron chi connectivity index (χ2n) is 7.41. The molecule has 0 bridgehead atoms. The number of nitrogens with zero attached hydrogens (tertiary/aromatic N) is 4. The molecule has 0 radical (unpaired) electrons. The number of hydrogen-bond donors (Lipinski definition) is 4. The minimum atomic E-state index is -0.787. The van der Waals surface area contributed by atoms with E-state index in [0.717, 1.165) is 0 Å². The highest BCUT2D eigenvalue weighted by Crippen LogP contribution is 2.42. The highest BCUT2D eigenvalue weighted by Gasteiger charge is 2.30. The molecule has 1 unspecified atom stereocenters. The summed E-state index contributed by atoms with van der Waals surface area (Å²) in [7, 11) is 0. The van der Waals surface area contributed by atoms with Crippen LogP contribution in [0.3, 0.4) is 0 Å². The monoisotopic (exact) mass is 502 g/mol. The van der Waals surface area contributed by atoms with Crippen molar-refractivity contribution in [2.24, 2.45) is 4.99 Å². The molecule has 4 rings (SSSR count). The lowest BCUT2D eigenvalue weighted by molar-refractivity contribution is 0.0728. The molecule has 1 atom stereocenters. The van der Waals surface area contributed by atoms with Crippen LogP contribution in [0.15, 0.2) is 47.5 Å². The van der Waals surface area contributed by atoms with E-state index in [1.54, 1.807) is 55.6 Å². The van der Waals surface area contributed by atoms with Gasteiger partial charge in [0.1, 0.15) is 29.3 Å². The van der Waals surface area contributed by atoms with Gasteiger partial charge < -0.3 is 26.3 Å². The van der Waals surface area contributed by atoms with E-state index in [1.807, 2.05) is 6.07 Å². The molecule has 2 heterocycles. The molecule has 36 heavy (non-hydrogen) atoms. The largest absolute Gasteiger partial charge is 0.490 e. The number of hydrogen-bond acceptors (Lipinski definition) is 11. The van der Waals surface area contributed by atoms with Crippen LogP contribution in [0.5, 0.6) is 11.5 Å². The van der Waals surface area contributed by atoms with Crippen molar-refractivity contribution in [3.8, 4) is 23.8 Å². The number of aliphatic imine (C=N–C) groups is 1. The molecule has 12 heteroatoms. The summed E-state index contributed by atoms with van der Waals surface area (Å²) in [5.74, 6) is 0.0768. The molecule has 6 N–H and O–H groups in total. The minimum absolute atomic E-state index is 0.0164. The normalized spacial score (nSPS) is 13.8. The number of anilines is 3. The molecule has 1 aromatic heterocycles. The van der Waals surface area contributed by atoms with Crippen LogP contribution >= 0.6 is 11.6 Å². The van der Waals surface area contributed by atoms with Crippen molar-refractivity contribution in [1.29, 1.82) is 10.5 Å². The number of esters is 1. The number of halogens is 1. The number of benzene rings is 2. The zero-order valence-corrected chi connectivity index (χ0v) is 19.6. The van der Waals surface area contributed by atoms with Gasteiger partial charge in [0.2, 0.25) is 5.96 Å². The lowest BCUT2D eigenvalue weighted by atomic mass is 9.95. The third-order valence-electron chi connectivity index (χ3n) is 5.24. The van der Waals surface area contributed by atoms with E-state index in [4.69, 9.17) is 37.8 Å². The zero-order chi connectivity index (χ0) is 25.8. The molecular formula is C24H19ClN8O3. The average molecular weight is 503 g/mol. The van der Waals surface area contributed by atoms with Gasteiger partial charge in [-0.05, 0) is 36.8 Å². The summed E-state index contributed by atoms with van der Waals surface area (Å²) >= 11 is 6.12. The van der Waals surface area contributed by atoms with Crippen molar-refractivity contribution < 1.29 is 14.3 Å². The first kappa shape index (κ1) is 24.1. The first-order chi connectivity index (χ1) is 17.4. The van der Waals surface area contributed by atoms with Crippen molar-refractivity contribution in [3.05, 3.63) is 69.7 Å². The van der Waals surface area contributed by atoms with Crippen molar-refractivity contribution in [3.63, 3.8) is 0 Å². The summed E-state index contributed by atoms with van der Waals surface area (Å²) in [5, 5.41) is 24.1. The van der Waals surface area contributed by atoms with Crippen molar-refractivity contribution in [1.82, 2.24) is 10.3 Å². The number of nitrogens with one attached hydrogen (secondary N) is 2. The second-order valence-corrected chi connectivity index (χ2v) is 7.82.